The lowest BCUT2D eigenvalue weighted by Gasteiger charge is -1.91. The smallest absolute Gasteiger partial charge is 0.0276 e. The molecule has 0 bridgehead atoms. The molecule has 0 saturated heterocycles. The summed E-state index contributed by atoms with van der Waals surface area (Å²) in [5.74, 6) is 4.60. The van der Waals surface area contributed by atoms with Crippen LogP contribution in [-0.4, -0.2) is 0 Å². The highest BCUT2D eigenvalue weighted by molar-refractivity contribution is 7.28. The highest BCUT2D eigenvalue weighted by Crippen LogP contribution is 2.12. The van der Waals surface area contributed by atoms with Crippen LogP contribution in [0.3, 0.4) is 0 Å². The fourth-order valence-corrected chi connectivity index (χ4v) is 1.76. The van der Waals surface area contributed by atoms with Gasteiger partial charge in [-0.2, -0.15) is 0 Å². The van der Waals surface area contributed by atoms with Gasteiger partial charge in [-0.1, -0.05) is 19.4 Å². The second kappa shape index (κ2) is 3.74. The molecule has 0 aliphatic rings. The summed E-state index contributed by atoms with van der Waals surface area (Å²) in [7, 11) is 0.958. The van der Waals surface area contributed by atoms with Gasteiger partial charge in [-0.3, -0.25) is 0 Å². The first-order valence-electron chi connectivity index (χ1n) is 3.55. The summed E-state index contributed by atoms with van der Waals surface area (Å²) in [6.45, 7) is 2.24. The van der Waals surface area contributed by atoms with Crippen LogP contribution in [0.2, 0.25) is 0 Å². The topological polar surface area (TPSA) is 0 Å². The molecule has 1 heteroatoms. The van der Waals surface area contributed by atoms with E-state index in [0.717, 1.165) is 8.19 Å². The molecule has 1 heterocycles. The number of aryl methyl sites for hydroxylation is 1. The van der Waals surface area contributed by atoms with Crippen LogP contribution in [0.1, 0.15) is 25.3 Å². The zero-order valence-electron chi connectivity index (χ0n) is 5.85. The summed E-state index contributed by atoms with van der Waals surface area (Å²) >= 11 is 0. The Morgan fingerprint density at radius 1 is 1.56 bits per heavy atom. The molecule has 0 N–H and O–H groups in total. The molecule has 0 aliphatic carbocycles. The van der Waals surface area contributed by atoms with Crippen molar-refractivity contribution in [2.75, 3.05) is 0 Å². The molecule has 0 aromatic carbocycles. The first-order chi connectivity index (χ1) is 4.43. The van der Waals surface area contributed by atoms with E-state index in [9.17, 15) is 0 Å². The fraction of sp³-hybridized carbons (Fsp3) is 0.500. The average Bonchev–Trinajstić information content (AvgIpc) is 2.34. The minimum Gasteiger partial charge on any atom is -0.140 e. The Morgan fingerprint density at radius 2 is 2.44 bits per heavy atom. The average molecular weight is 140 g/mol. The summed E-state index contributed by atoms with van der Waals surface area (Å²) in [6.07, 6.45) is 3.95. The summed E-state index contributed by atoms with van der Waals surface area (Å²) < 4.78 is 0. The Morgan fingerprint density at radius 3 is 3.00 bits per heavy atom. The summed E-state index contributed by atoms with van der Waals surface area (Å²) in [5.41, 5.74) is 1.55. The van der Waals surface area contributed by atoms with Crippen molar-refractivity contribution in [2.24, 2.45) is 0 Å². The zero-order chi connectivity index (χ0) is 6.53. The van der Waals surface area contributed by atoms with E-state index < -0.39 is 0 Å². The molecule has 0 nitrogen and oxygen atoms in total. The molecule has 1 rings (SSSR count). The maximum atomic E-state index is 2.34. The first-order valence-corrected chi connectivity index (χ1v) is 4.70. The maximum absolute atomic E-state index is 2.34. The van der Waals surface area contributed by atoms with Gasteiger partial charge in [0.2, 0.25) is 0 Å². The van der Waals surface area contributed by atoms with Crippen LogP contribution in [0, 0.1) is 0 Å². The van der Waals surface area contributed by atoms with Crippen LogP contribution in [0.4, 0.5) is 0 Å². The molecule has 50 valence electrons. The zero-order valence-corrected chi connectivity index (χ0v) is 6.85. The quantitative estimate of drug-likeness (QED) is 0.605. The normalized spacial score (nSPS) is 10.8. The third-order valence-corrected chi connectivity index (χ3v) is 2.38. The molecule has 0 spiro atoms. The van der Waals surface area contributed by atoms with Gasteiger partial charge >= 0.3 is 0 Å². The van der Waals surface area contributed by atoms with Gasteiger partial charge in [-0.05, 0) is 30.0 Å². The molecule has 0 amide bonds. The Bertz CT molecular complexity index is 142. The molecule has 0 saturated carbocycles. The van der Waals surface area contributed by atoms with Gasteiger partial charge < -0.3 is 0 Å². The van der Waals surface area contributed by atoms with Crippen LogP contribution in [-0.2, 0) is 6.42 Å². The molecule has 0 fully saturated rings. The van der Waals surface area contributed by atoms with E-state index in [-0.39, 0.29) is 0 Å². The van der Waals surface area contributed by atoms with Gasteiger partial charge in [-0.25, -0.2) is 0 Å². The Labute approximate surface area is 58.4 Å². The van der Waals surface area contributed by atoms with E-state index in [1.807, 2.05) is 0 Å². The fourth-order valence-electron chi connectivity index (χ4n) is 0.895. The van der Waals surface area contributed by atoms with E-state index in [2.05, 4.69) is 24.6 Å². The maximum Gasteiger partial charge on any atom is -0.0276 e. The molecule has 1 unspecified atom stereocenters. The monoisotopic (exact) mass is 140 g/mol. The van der Waals surface area contributed by atoms with Crippen molar-refractivity contribution < 1.29 is 0 Å². The van der Waals surface area contributed by atoms with Crippen molar-refractivity contribution in [3.05, 3.63) is 23.2 Å². The van der Waals surface area contributed by atoms with Crippen molar-refractivity contribution in [1.82, 2.24) is 0 Å². The van der Waals surface area contributed by atoms with Gasteiger partial charge in [0.05, 0.1) is 0 Å². The lowest BCUT2D eigenvalue weighted by Crippen LogP contribution is -1.77. The van der Waals surface area contributed by atoms with Crippen molar-refractivity contribution in [2.45, 2.75) is 26.2 Å². The lowest BCUT2D eigenvalue weighted by molar-refractivity contribution is 0.797. The third kappa shape index (κ3) is 2.24. The second-order valence-electron chi connectivity index (χ2n) is 2.32. The highest BCUT2D eigenvalue weighted by Gasteiger charge is 1.88. The standard InChI is InChI=1S/C8H13P/c1-2-3-4-8-5-6-9-7-8/h5-7,9H,2-4H2,1H3. The van der Waals surface area contributed by atoms with E-state index in [1.165, 1.54) is 19.3 Å². The summed E-state index contributed by atoms with van der Waals surface area (Å²) in [4.78, 5) is 0. The van der Waals surface area contributed by atoms with Crippen LogP contribution in [0.25, 0.3) is 0 Å². The lowest BCUT2D eigenvalue weighted by atomic mass is 10.2. The molecule has 0 radical (unpaired) electrons. The Kier molecular flexibility index (Phi) is 2.86. The van der Waals surface area contributed by atoms with Gasteiger partial charge in [-0.15, -0.1) is 8.19 Å². The Hall–Kier alpha value is -0.220. The van der Waals surface area contributed by atoms with Crippen molar-refractivity contribution >= 4 is 8.19 Å². The van der Waals surface area contributed by atoms with Gasteiger partial charge in [0.1, 0.15) is 0 Å². The van der Waals surface area contributed by atoms with E-state index in [4.69, 9.17) is 0 Å². The largest absolute Gasteiger partial charge is 0.140 e. The van der Waals surface area contributed by atoms with Crippen molar-refractivity contribution in [3.63, 3.8) is 0 Å². The summed E-state index contributed by atoms with van der Waals surface area (Å²) in [6, 6.07) is 2.26. The van der Waals surface area contributed by atoms with Crippen molar-refractivity contribution in [1.29, 1.82) is 0 Å². The summed E-state index contributed by atoms with van der Waals surface area (Å²) in [5, 5.41) is 0. The van der Waals surface area contributed by atoms with Crippen molar-refractivity contribution in [3.8, 4) is 0 Å². The second-order valence-corrected chi connectivity index (χ2v) is 3.28. The minimum atomic E-state index is 0.958. The number of rotatable bonds is 3. The van der Waals surface area contributed by atoms with Gasteiger partial charge in [0, 0.05) is 0 Å². The number of hydrogen-bond acceptors (Lipinski definition) is 0. The number of hydrogen-bond donors (Lipinski definition) is 0. The minimum absolute atomic E-state index is 0.958. The molecule has 1 aromatic rings. The molecule has 1 aromatic heterocycles. The number of unbranched alkanes of at least 4 members (excludes halogenated alkanes) is 1. The van der Waals surface area contributed by atoms with E-state index in [1.54, 1.807) is 5.56 Å². The van der Waals surface area contributed by atoms with E-state index >= 15 is 0 Å². The SMILES string of the molecule is CCCCc1cc[pH]c1. The van der Waals surface area contributed by atoms with E-state index in [0.29, 0.717) is 0 Å². The van der Waals surface area contributed by atoms with Gasteiger partial charge in [0.15, 0.2) is 0 Å². The van der Waals surface area contributed by atoms with Crippen LogP contribution >= 0.6 is 8.19 Å². The third-order valence-electron chi connectivity index (χ3n) is 1.48. The van der Waals surface area contributed by atoms with Crippen LogP contribution in [0.5, 0.6) is 0 Å². The molecular weight excluding hydrogens is 127 g/mol. The Balaban J connectivity index is 2.30. The predicted octanol–water partition coefficient (Wildman–Crippen LogP) is 3.06. The highest BCUT2D eigenvalue weighted by atomic mass is 31.0. The molecular formula is C8H13P. The predicted molar refractivity (Wildman–Crippen MR) is 44.6 cm³/mol. The first kappa shape index (κ1) is 6.89. The molecule has 1 atom stereocenters. The van der Waals surface area contributed by atoms with Crippen LogP contribution < -0.4 is 0 Å². The molecule has 0 aliphatic heterocycles. The van der Waals surface area contributed by atoms with Crippen LogP contribution in [0.15, 0.2) is 17.7 Å². The molecule has 9 heavy (non-hydrogen) atoms. The van der Waals surface area contributed by atoms with Gasteiger partial charge in [0.25, 0.3) is 0 Å².